The van der Waals surface area contributed by atoms with Crippen molar-refractivity contribution in [1.82, 2.24) is 4.90 Å². The number of hydrogen-bond donors (Lipinski definition) is 1. The summed E-state index contributed by atoms with van der Waals surface area (Å²) in [6.45, 7) is 2.02. The average Bonchev–Trinajstić information content (AvgIpc) is 2.96. The largest absolute Gasteiger partial charge is 0.322 e. The topological polar surface area (TPSA) is 49.4 Å². The molecule has 1 aromatic rings. The maximum absolute atomic E-state index is 13.6. The number of hydrogen-bond acceptors (Lipinski definition) is 3. The Labute approximate surface area is 128 Å². The van der Waals surface area contributed by atoms with Gasteiger partial charge in [0.15, 0.2) is 0 Å². The van der Waals surface area contributed by atoms with E-state index in [9.17, 15) is 14.0 Å². The molecule has 114 valence electrons. The Kier molecular flexibility index (Phi) is 5.61. The number of thioether (sulfide) groups is 1. The summed E-state index contributed by atoms with van der Waals surface area (Å²) in [5, 5.41) is 2.57. The fourth-order valence-corrected chi connectivity index (χ4v) is 3.34. The quantitative estimate of drug-likeness (QED) is 0.910. The van der Waals surface area contributed by atoms with Gasteiger partial charge in [0.25, 0.3) is 0 Å². The predicted octanol–water partition coefficient (Wildman–Crippen LogP) is 2.86. The molecule has 1 atom stereocenters. The number of carbonyl (C=O) groups excluding carboxylic acids is 2. The van der Waals surface area contributed by atoms with Gasteiger partial charge in [0.05, 0.1) is 11.6 Å². The van der Waals surface area contributed by atoms with E-state index in [1.807, 2.05) is 6.92 Å². The Morgan fingerprint density at radius 2 is 2.19 bits per heavy atom. The Morgan fingerprint density at radius 1 is 1.43 bits per heavy atom. The van der Waals surface area contributed by atoms with Crippen LogP contribution in [0.2, 0.25) is 0 Å². The smallest absolute Gasteiger partial charge is 0.248 e. The molecule has 0 radical (unpaired) electrons. The van der Waals surface area contributed by atoms with Crippen molar-refractivity contribution >= 4 is 29.3 Å². The minimum Gasteiger partial charge on any atom is -0.322 e. The Morgan fingerprint density at radius 3 is 2.90 bits per heavy atom. The summed E-state index contributed by atoms with van der Waals surface area (Å²) in [4.78, 5) is 26.0. The third kappa shape index (κ3) is 3.97. The van der Waals surface area contributed by atoms with Crippen molar-refractivity contribution in [2.75, 3.05) is 16.9 Å². The van der Waals surface area contributed by atoms with Gasteiger partial charge >= 0.3 is 0 Å². The van der Waals surface area contributed by atoms with E-state index < -0.39 is 11.9 Å². The number of nitrogens with zero attached hydrogens (tertiary/aromatic N) is 1. The molecule has 1 aliphatic heterocycles. The first-order valence-corrected chi connectivity index (χ1v) is 8.21. The monoisotopic (exact) mass is 310 g/mol. The van der Waals surface area contributed by atoms with Crippen LogP contribution in [0.4, 0.5) is 10.1 Å². The molecule has 0 aromatic heterocycles. The number of amides is 2. The van der Waals surface area contributed by atoms with Crippen LogP contribution < -0.4 is 5.32 Å². The summed E-state index contributed by atoms with van der Waals surface area (Å²) in [6, 6.07) is 5.52. The lowest BCUT2D eigenvalue weighted by Crippen LogP contribution is -2.44. The minimum absolute atomic E-state index is 0.00414. The number of anilines is 1. The van der Waals surface area contributed by atoms with Crippen LogP contribution in [-0.2, 0) is 9.59 Å². The van der Waals surface area contributed by atoms with E-state index in [0.717, 1.165) is 12.8 Å². The zero-order chi connectivity index (χ0) is 15.2. The van der Waals surface area contributed by atoms with E-state index in [-0.39, 0.29) is 17.5 Å². The lowest BCUT2D eigenvalue weighted by Gasteiger charge is -2.23. The van der Waals surface area contributed by atoms with E-state index in [4.69, 9.17) is 0 Å². The Balaban J connectivity index is 2.01. The van der Waals surface area contributed by atoms with E-state index in [1.165, 1.54) is 12.1 Å². The van der Waals surface area contributed by atoms with Gasteiger partial charge in [0, 0.05) is 12.2 Å². The van der Waals surface area contributed by atoms with Crippen LogP contribution in [-0.4, -0.2) is 34.4 Å². The Hall–Kier alpha value is -1.56. The molecule has 4 nitrogen and oxygen atoms in total. The molecule has 0 unspecified atom stereocenters. The first kappa shape index (κ1) is 15.8. The molecule has 0 aliphatic carbocycles. The fourth-order valence-electron chi connectivity index (χ4n) is 2.16. The van der Waals surface area contributed by atoms with Crippen molar-refractivity contribution in [2.45, 2.75) is 32.2 Å². The van der Waals surface area contributed by atoms with Gasteiger partial charge in [-0.2, -0.15) is 0 Å². The first-order valence-electron chi connectivity index (χ1n) is 7.06. The molecule has 2 amide bonds. The second kappa shape index (κ2) is 7.45. The maximum Gasteiger partial charge on any atom is 0.248 e. The molecule has 1 N–H and O–H groups in total. The third-order valence-corrected chi connectivity index (χ3v) is 4.39. The predicted molar refractivity (Wildman–Crippen MR) is 82.5 cm³/mol. The van der Waals surface area contributed by atoms with Crippen molar-refractivity contribution in [3.63, 3.8) is 0 Å². The molecule has 1 aliphatic rings. The molecule has 0 spiro atoms. The van der Waals surface area contributed by atoms with Gasteiger partial charge < -0.3 is 10.2 Å². The number of unbranched alkanes of at least 4 members (excludes halogenated alkanes) is 1. The molecular weight excluding hydrogens is 291 g/mol. The van der Waals surface area contributed by atoms with E-state index in [0.29, 0.717) is 18.1 Å². The van der Waals surface area contributed by atoms with Gasteiger partial charge in [-0.3, -0.25) is 9.59 Å². The molecule has 1 saturated heterocycles. The molecule has 2 rings (SSSR count). The van der Waals surface area contributed by atoms with Gasteiger partial charge in [-0.1, -0.05) is 25.5 Å². The molecule has 0 bridgehead atoms. The van der Waals surface area contributed by atoms with Crippen LogP contribution in [0, 0.1) is 5.82 Å². The number of carbonyl (C=O) groups is 2. The minimum atomic E-state index is -0.515. The molecular formula is C15H19FN2O2S. The van der Waals surface area contributed by atoms with Crippen LogP contribution in [0.25, 0.3) is 0 Å². The highest BCUT2D eigenvalue weighted by molar-refractivity contribution is 7.99. The van der Waals surface area contributed by atoms with E-state index in [1.54, 1.807) is 28.8 Å². The van der Waals surface area contributed by atoms with Crippen LogP contribution in [0.15, 0.2) is 24.3 Å². The first-order chi connectivity index (χ1) is 10.1. The molecule has 1 heterocycles. The highest BCUT2D eigenvalue weighted by atomic mass is 32.2. The number of rotatable bonds is 5. The highest BCUT2D eigenvalue weighted by Gasteiger charge is 2.34. The van der Waals surface area contributed by atoms with Gasteiger partial charge in [-0.15, -0.1) is 11.8 Å². The van der Waals surface area contributed by atoms with Crippen LogP contribution in [0.1, 0.15) is 26.2 Å². The van der Waals surface area contributed by atoms with Crippen molar-refractivity contribution in [2.24, 2.45) is 0 Å². The number of benzene rings is 1. The summed E-state index contributed by atoms with van der Waals surface area (Å²) in [5.41, 5.74) is 0.153. The molecule has 1 aromatic carbocycles. The third-order valence-electron chi connectivity index (χ3n) is 3.38. The number of halogens is 1. The van der Waals surface area contributed by atoms with E-state index >= 15 is 0 Å². The SMILES string of the molecule is CCCCC(=O)N1CSC[C@@H]1C(=O)Nc1ccccc1F. The van der Waals surface area contributed by atoms with Crippen molar-refractivity contribution in [3.05, 3.63) is 30.1 Å². The normalized spacial score (nSPS) is 17.8. The summed E-state index contributed by atoms with van der Waals surface area (Å²) < 4.78 is 13.6. The Bertz CT molecular complexity index is 524. The summed E-state index contributed by atoms with van der Waals surface area (Å²) in [7, 11) is 0. The maximum atomic E-state index is 13.6. The molecule has 6 heteroatoms. The summed E-state index contributed by atoms with van der Waals surface area (Å²) in [6.07, 6.45) is 2.22. The van der Waals surface area contributed by atoms with Crippen molar-refractivity contribution in [1.29, 1.82) is 0 Å². The molecule has 21 heavy (non-hydrogen) atoms. The van der Waals surface area contributed by atoms with Crippen LogP contribution >= 0.6 is 11.8 Å². The van der Waals surface area contributed by atoms with Gasteiger partial charge in [-0.25, -0.2) is 4.39 Å². The van der Waals surface area contributed by atoms with Crippen LogP contribution in [0.5, 0.6) is 0 Å². The van der Waals surface area contributed by atoms with Crippen LogP contribution in [0.3, 0.4) is 0 Å². The lowest BCUT2D eigenvalue weighted by atomic mass is 10.2. The number of para-hydroxylation sites is 1. The lowest BCUT2D eigenvalue weighted by molar-refractivity contribution is -0.136. The summed E-state index contributed by atoms with van der Waals surface area (Å²) >= 11 is 1.55. The van der Waals surface area contributed by atoms with E-state index in [2.05, 4.69) is 5.32 Å². The van der Waals surface area contributed by atoms with Gasteiger partial charge in [0.1, 0.15) is 11.9 Å². The molecule has 1 fully saturated rings. The zero-order valence-corrected chi connectivity index (χ0v) is 12.8. The standard InChI is InChI=1S/C15H19FN2O2S/c1-2-3-8-14(19)18-10-21-9-13(18)15(20)17-12-7-5-4-6-11(12)16/h4-7,13H,2-3,8-10H2,1H3,(H,17,20)/t13-/m1/s1. The highest BCUT2D eigenvalue weighted by Crippen LogP contribution is 2.24. The summed E-state index contributed by atoms with van der Waals surface area (Å²) in [5.74, 6) is 0.279. The van der Waals surface area contributed by atoms with Crippen molar-refractivity contribution < 1.29 is 14.0 Å². The fraction of sp³-hybridized carbons (Fsp3) is 0.467. The second-order valence-corrected chi connectivity index (χ2v) is 5.95. The second-order valence-electron chi connectivity index (χ2n) is 4.95. The molecule has 0 saturated carbocycles. The number of nitrogens with one attached hydrogen (secondary N) is 1. The van der Waals surface area contributed by atoms with Gasteiger partial charge in [-0.05, 0) is 18.6 Å². The van der Waals surface area contributed by atoms with Crippen molar-refractivity contribution in [3.8, 4) is 0 Å². The average molecular weight is 310 g/mol. The zero-order valence-electron chi connectivity index (χ0n) is 12.0. The van der Waals surface area contributed by atoms with Gasteiger partial charge in [0.2, 0.25) is 11.8 Å².